The summed E-state index contributed by atoms with van der Waals surface area (Å²) < 4.78 is 10.8. The second-order valence-electron chi connectivity index (χ2n) is 7.21. The number of esters is 1. The van der Waals surface area contributed by atoms with Crippen molar-refractivity contribution in [3.63, 3.8) is 0 Å². The first-order chi connectivity index (χ1) is 13.7. The summed E-state index contributed by atoms with van der Waals surface area (Å²) >= 11 is 0. The zero-order valence-corrected chi connectivity index (χ0v) is 16.3. The Balaban J connectivity index is 1.68. The molecule has 1 aliphatic rings. The monoisotopic (exact) mass is 378 g/mol. The number of para-hydroxylation sites is 1. The minimum Gasteiger partial charge on any atom is -0.494 e. The van der Waals surface area contributed by atoms with Crippen molar-refractivity contribution in [3.05, 3.63) is 65.4 Å². The first-order valence-corrected chi connectivity index (χ1v) is 9.87. The number of aromatic nitrogens is 1. The molecule has 4 rings (SSSR count). The molecule has 2 atom stereocenters. The third-order valence-electron chi connectivity index (χ3n) is 5.38. The Morgan fingerprint density at radius 2 is 1.93 bits per heavy atom. The lowest BCUT2D eigenvalue weighted by Crippen LogP contribution is -2.45. The molecule has 5 nitrogen and oxygen atoms in total. The second kappa shape index (κ2) is 8.07. The topological polar surface area (TPSA) is 63.4 Å². The molecule has 146 valence electrons. The van der Waals surface area contributed by atoms with E-state index in [1.807, 2.05) is 24.3 Å². The fraction of sp³-hybridized carbons (Fsp3) is 0.348. The number of carbonyl (C=O) groups is 1. The number of hydrogen-bond acceptors (Lipinski definition) is 4. The fourth-order valence-electron chi connectivity index (χ4n) is 3.88. The van der Waals surface area contributed by atoms with Gasteiger partial charge in [0.1, 0.15) is 11.8 Å². The van der Waals surface area contributed by atoms with E-state index in [1.54, 1.807) is 0 Å². The predicted octanol–water partition coefficient (Wildman–Crippen LogP) is 4.12. The van der Waals surface area contributed by atoms with Gasteiger partial charge in [-0.1, -0.05) is 43.7 Å². The Labute approximate surface area is 165 Å². The first kappa shape index (κ1) is 18.6. The van der Waals surface area contributed by atoms with E-state index in [0.29, 0.717) is 6.42 Å². The average Bonchev–Trinajstić information content (AvgIpc) is 3.12. The minimum absolute atomic E-state index is 0.107. The van der Waals surface area contributed by atoms with E-state index in [-0.39, 0.29) is 18.1 Å². The van der Waals surface area contributed by atoms with Gasteiger partial charge in [0.2, 0.25) is 0 Å². The van der Waals surface area contributed by atoms with Gasteiger partial charge in [0.25, 0.3) is 0 Å². The van der Waals surface area contributed by atoms with Crippen LogP contribution in [0.3, 0.4) is 0 Å². The molecule has 1 aliphatic heterocycles. The van der Waals surface area contributed by atoms with Crippen molar-refractivity contribution in [2.24, 2.45) is 0 Å². The van der Waals surface area contributed by atoms with Gasteiger partial charge in [-0.2, -0.15) is 0 Å². The number of aromatic amines is 1. The van der Waals surface area contributed by atoms with Crippen LogP contribution in [0, 0.1) is 0 Å². The van der Waals surface area contributed by atoms with Crippen LogP contribution < -0.4 is 10.1 Å². The molecule has 0 saturated carbocycles. The summed E-state index contributed by atoms with van der Waals surface area (Å²) in [6.07, 6.45) is 2.77. The van der Waals surface area contributed by atoms with E-state index >= 15 is 0 Å². The maximum atomic E-state index is 12.3. The van der Waals surface area contributed by atoms with Crippen molar-refractivity contribution in [2.75, 3.05) is 13.7 Å². The van der Waals surface area contributed by atoms with E-state index in [9.17, 15) is 4.79 Å². The van der Waals surface area contributed by atoms with E-state index in [1.165, 1.54) is 12.7 Å². The molecule has 0 amide bonds. The number of unbranched alkanes of at least 4 members (excludes halogenated alkanes) is 1. The number of carbonyl (C=O) groups excluding carboxylic acids is 1. The van der Waals surface area contributed by atoms with Gasteiger partial charge in [-0.3, -0.25) is 10.1 Å². The molecule has 0 bridgehead atoms. The van der Waals surface area contributed by atoms with Crippen molar-refractivity contribution in [2.45, 2.75) is 38.3 Å². The van der Waals surface area contributed by atoms with Crippen LogP contribution in [0.2, 0.25) is 0 Å². The summed E-state index contributed by atoms with van der Waals surface area (Å²) in [6, 6.07) is 15.9. The minimum atomic E-state index is -0.373. The molecular weight excluding hydrogens is 352 g/mol. The van der Waals surface area contributed by atoms with E-state index in [2.05, 4.69) is 41.5 Å². The molecule has 2 unspecified atom stereocenters. The Kier molecular flexibility index (Phi) is 5.35. The molecule has 28 heavy (non-hydrogen) atoms. The number of H-pyrrole nitrogens is 1. The third-order valence-corrected chi connectivity index (χ3v) is 5.38. The second-order valence-corrected chi connectivity index (χ2v) is 7.21. The number of rotatable bonds is 6. The highest BCUT2D eigenvalue weighted by Gasteiger charge is 2.34. The van der Waals surface area contributed by atoms with Crippen molar-refractivity contribution < 1.29 is 14.3 Å². The van der Waals surface area contributed by atoms with Crippen LogP contribution in [0.4, 0.5) is 0 Å². The molecule has 0 aliphatic carbocycles. The van der Waals surface area contributed by atoms with Gasteiger partial charge in [0.05, 0.1) is 19.8 Å². The molecular formula is C23H26N2O3. The number of methoxy groups -OCH3 is 1. The standard InChI is InChI=1S/C23H26N2O3/c1-3-4-13-28-16-11-9-15(10-12-16)21-22-18(14-20(25-21)23(26)27-2)17-7-5-6-8-19(17)24-22/h5-12,20-21,24-25H,3-4,13-14H2,1-2H3. The quantitative estimate of drug-likeness (QED) is 0.500. The first-order valence-electron chi connectivity index (χ1n) is 9.87. The SMILES string of the molecule is CCCCOc1ccc(C2NC(C(=O)OC)Cc3c2[nH]c2ccccc32)cc1. The van der Waals surface area contributed by atoms with Gasteiger partial charge in [0, 0.05) is 23.0 Å². The van der Waals surface area contributed by atoms with E-state index < -0.39 is 0 Å². The molecule has 0 fully saturated rings. The summed E-state index contributed by atoms with van der Waals surface area (Å²) in [5.41, 5.74) is 4.47. The van der Waals surface area contributed by atoms with Crippen LogP contribution in [0.25, 0.3) is 10.9 Å². The van der Waals surface area contributed by atoms with Crippen molar-refractivity contribution in [3.8, 4) is 5.75 Å². The Bertz CT molecular complexity index is 962. The molecule has 1 aromatic heterocycles. The summed E-state index contributed by atoms with van der Waals surface area (Å²) in [5.74, 6) is 0.634. The van der Waals surface area contributed by atoms with Gasteiger partial charge in [-0.05, 0) is 35.7 Å². The van der Waals surface area contributed by atoms with Crippen LogP contribution in [0.1, 0.15) is 42.6 Å². The molecule has 0 spiro atoms. The molecule has 0 radical (unpaired) electrons. The van der Waals surface area contributed by atoms with Crippen LogP contribution in [0.15, 0.2) is 48.5 Å². The van der Waals surface area contributed by atoms with Gasteiger partial charge in [0.15, 0.2) is 0 Å². The number of nitrogens with one attached hydrogen (secondary N) is 2. The Hall–Kier alpha value is -2.79. The van der Waals surface area contributed by atoms with Crippen LogP contribution in [0.5, 0.6) is 5.75 Å². The summed E-state index contributed by atoms with van der Waals surface area (Å²) in [4.78, 5) is 15.9. The Morgan fingerprint density at radius 1 is 1.14 bits per heavy atom. The van der Waals surface area contributed by atoms with Gasteiger partial charge >= 0.3 is 5.97 Å². The zero-order valence-electron chi connectivity index (χ0n) is 16.3. The summed E-state index contributed by atoms with van der Waals surface area (Å²) in [7, 11) is 1.44. The largest absolute Gasteiger partial charge is 0.494 e. The lowest BCUT2D eigenvalue weighted by Gasteiger charge is -2.30. The highest BCUT2D eigenvalue weighted by molar-refractivity contribution is 5.87. The molecule has 0 saturated heterocycles. The lowest BCUT2D eigenvalue weighted by atomic mass is 9.90. The lowest BCUT2D eigenvalue weighted by molar-refractivity contribution is -0.143. The van der Waals surface area contributed by atoms with Crippen molar-refractivity contribution in [1.29, 1.82) is 0 Å². The highest BCUT2D eigenvalue weighted by Crippen LogP contribution is 2.35. The van der Waals surface area contributed by atoms with Crippen molar-refractivity contribution >= 4 is 16.9 Å². The van der Waals surface area contributed by atoms with Crippen LogP contribution in [-0.2, 0) is 16.0 Å². The maximum Gasteiger partial charge on any atom is 0.323 e. The molecule has 2 heterocycles. The van der Waals surface area contributed by atoms with E-state index in [0.717, 1.165) is 47.4 Å². The number of ether oxygens (including phenoxy) is 2. The smallest absolute Gasteiger partial charge is 0.323 e. The zero-order chi connectivity index (χ0) is 19.5. The normalized spacial score (nSPS) is 18.6. The molecule has 3 aromatic rings. The maximum absolute atomic E-state index is 12.3. The van der Waals surface area contributed by atoms with Crippen LogP contribution in [-0.4, -0.2) is 30.7 Å². The third kappa shape index (κ3) is 3.50. The number of fused-ring (bicyclic) bond motifs is 3. The molecule has 2 N–H and O–H groups in total. The Morgan fingerprint density at radius 3 is 2.68 bits per heavy atom. The van der Waals surface area contributed by atoms with Gasteiger partial charge < -0.3 is 14.5 Å². The number of hydrogen-bond donors (Lipinski definition) is 2. The summed E-state index contributed by atoms with van der Waals surface area (Å²) in [6.45, 7) is 2.88. The fourth-order valence-corrected chi connectivity index (χ4v) is 3.88. The average molecular weight is 378 g/mol. The van der Waals surface area contributed by atoms with Gasteiger partial charge in [-0.25, -0.2) is 0 Å². The molecule has 2 aromatic carbocycles. The number of benzene rings is 2. The predicted molar refractivity (Wildman–Crippen MR) is 110 cm³/mol. The highest BCUT2D eigenvalue weighted by atomic mass is 16.5. The summed E-state index contributed by atoms with van der Waals surface area (Å²) in [5, 5.41) is 4.63. The van der Waals surface area contributed by atoms with Crippen molar-refractivity contribution in [1.82, 2.24) is 10.3 Å². The molecule has 5 heteroatoms. The van der Waals surface area contributed by atoms with Gasteiger partial charge in [-0.15, -0.1) is 0 Å². The van der Waals surface area contributed by atoms with Crippen LogP contribution >= 0.6 is 0 Å². The van der Waals surface area contributed by atoms with E-state index in [4.69, 9.17) is 9.47 Å².